The summed E-state index contributed by atoms with van der Waals surface area (Å²) >= 11 is 0. The van der Waals surface area contributed by atoms with Crippen molar-refractivity contribution in [2.45, 2.75) is 26.4 Å². The number of hydrogen-bond acceptors (Lipinski definition) is 3. The quantitative estimate of drug-likeness (QED) is 0.359. The Labute approximate surface area is 183 Å². The van der Waals surface area contributed by atoms with Gasteiger partial charge in [0.1, 0.15) is 6.04 Å². The second-order valence-electron chi connectivity index (χ2n) is 8.06. The van der Waals surface area contributed by atoms with Crippen LogP contribution >= 0.6 is 0 Å². The number of nitrogens with zero attached hydrogens (tertiary/aromatic N) is 2. The lowest BCUT2D eigenvalue weighted by molar-refractivity contribution is -0.143. The minimum atomic E-state index is -0.403. The summed E-state index contributed by atoms with van der Waals surface area (Å²) in [7, 11) is 1.46. The average Bonchev–Trinajstić information content (AvgIpc) is 3.19. The highest BCUT2D eigenvalue weighted by molar-refractivity contribution is 5.87. The highest BCUT2D eigenvalue weighted by Gasteiger charge is 2.32. The maximum absolute atomic E-state index is 12.9. The molecule has 4 aromatic rings. The number of fused-ring (bicyclic) bond motifs is 1. The van der Waals surface area contributed by atoms with Crippen LogP contribution in [0.4, 0.5) is 5.69 Å². The lowest BCUT2D eigenvalue weighted by Crippen LogP contribution is -2.45. The van der Waals surface area contributed by atoms with Crippen LogP contribution in [0.1, 0.15) is 19.4 Å². The highest BCUT2D eigenvalue weighted by Crippen LogP contribution is 2.35. The molecule has 0 amide bonds. The molecule has 4 nitrogen and oxygen atoms in total. The molecule has 0 radical (unpaired) electrons. The van der Waals surface area contributed by atoms with Crippen molar-refractivity contribution in [1.29, 1.82) is 0 Å². The van der Waals surface area contributed by atoms with Gasteiger partial charge in [0.15, 0.2) is 0 Å². The SMILES string of the molecule is COC(=O)[C@H](C(C)C)N(Cc1ccccc1)c1cc(-c2ccccc2)n2ccccc12. The molecule has 0 bridgehead atoms. The van der Waals surface area contributed by atoms with Gasteiger partial charge in [0.25, 0.3) is 0 Å². The van der Waals surface area contributed by atoms with E-state index in [-0.39, 0.29) is 11.9 Å². The minimum absolute atomic E-state index is 0.0787. The number of rotatable bonds is 7. The normalized spacial score (nSPS) is 12.1. The van der Waals surface area contributed by atoms with E-state index in [0.717, 1.165) is 28.0 Å². The smallest absolute Gasteiger partial charge is 0.328 e. The zero-order valence-corrected chi connectivity index (χ0v) is 18.2. The largest absolute Gasteiger partial charge is 0.467 e. The first-order chi connectivity index (χ1) is 15.1. The summed E-state index contributed by atoms with van der Waals surface area (Å²) in [4.78, 5) is 15.1. The van der Waals surface area contributed by atoms with E-state index in [9.17, 15) is 4.79 Å². The minimum Gasteiger partial charge on any atom is -0.467 e. The molecule has 0 aliphatic heterocycles. The van der Waals surface area contributed by atoms with E-state index in [1.807, 2.05) is 48.5 Å². The number of esters is 1. The third-order valence-electron chi connectivity index (χ3n) is 5.64. The average molecular weight is 413 g/mol. The van der Waals surface area contributed by atoms with E-state index < -0.39 is 6.04 Å². The molecular formula is C27H28N2O2. The van der Waals surface area contributed by atoms with Crippen LogP contribution in [0.5, 0.6) is 0 Å². The van der Waals surface area contributed by atoms with Crippen molar-refractivity contribution in [1.82, 2.24) is 4.40 Å². The summed E-state index contributed by atoms with van der Waals surface area (Å²) < 4.78 is 7.42. The molecule has 4 rings (SSSR count). The topological polar surface area (TPSA) is 34.0 Å². The summed E-state index contributed by atoms with van der Waals surface area (Å²) in [5.74, 6) is -0.141. The molecule has 4 heteroatoms. The van der Waals surface area contributed by atoms with Gasteiger partial charge in [0.2, 0.25) is 0 Å². The number of methoxy groups -OCH3 is 1. The van der Waals surface area contributed by atoms with Gasteiger partial charge in [-0.25, -0.2) is 4.79 Å². The lowest BCUT2D eigenvalue weighted by Gasteiger charge is -2.34. The van der Waals surface area contributed by atoms with Gasteiger partial charge in [-0.2, -0.15) is 0 Å². The molecule has 1 atom stereocenters. The van der Waals surface area contributed by atoms with Crippen LogP contribution in [0.25, 0.3) is 16.8 Å². The number of carbonyl (C=O) groups is 1. The van der Waals surface area contributed by atoms with Crippen molar-refractivity contribution in [2.24, 2.45) is 5.92 Å². The Kier molecular flexibility index (Phi) is 6.08. The van der Waals surface area contributed by atoms with Gasteiger partial charge in [-0.15, -0.1) is 0 Å². The second-order valence-corrected chi connectivity index (χ2v) is 8.06. The number of pyridine rings is 1. The summed E-state index contributed by atoms with van der Waals surface area (Å²) in [6, 6.07) is 28.6. The van der Waals surface area contributed by atoms with Crippen molar-refractivity contribution >= 4 is 17.2 Å². The van der Waals surface area contributed by atoms with Crippen molar-refractivity contribution in [2.75, 3.05) is 12.0 Å². The molecule has 0 N–H and O–H groups in total. The monoisotopic (exact) mass is 412 g/mol. The summed E-state index contributed by atoms with van der Waals surface area (Å²) in [5, 5.41) is 0. The summed E-state index contributed by atoms with van der Waals surface area (Å²) in [6.07, 6.45) is 2.07. The number of anilines is 1. The molecule has 2 aromatic carbocycles. The summed E-state index contributed by atoms with van der Waals surface area (Å²) in [6.45, 7) is 4.74. The van der Waals surface area contributed by atoms with Crippen LogP contribution in [0.2, 0.25) is 0 Å². The van der Waals surface area contributed by atoms with E-state index in [4.69, 9.17) is 4.74 Å². The Morgan fingerprint density at radius 2 is 1.58 bits per heavy atom. The van der Waals surface area contributed by atoms with Crippen LogP contribution in [0.3, 0.4) is 0 Å². The maximum Gasteiger partial charge on any atom is 0.328 e. The van der Waals surface area contributed by atoms with Crippen LogP contribution < -0.4 is 4.90 Å². The molecule has 0 saturated carbocycles. The van der Waals surface area contributed by atoms with E-state index in [1.54, 1.807) is 0 Å². The number of benzene rings is 2. The third-order valence-corrected chi connectivity index (χ3v) is 5.64. The van der Waals surface area contributed by atoms with E-state index in [0.29, 0.717) is 6.54 Å². The Balaban J connectivity index is 1.91. The fourth-order valence-corrected chi connectivity index (χ4v) is 4.19. The standard InChI is InChI=1S/C27H28N2O2/c1-20(2)26(27(30)31-3)29(19-21-12-6-4-7-13-21)25-18-24(22-14-8-5-9-15-22)28-17-11-10-16-23(25)28/h4-18,20,26H,19H2,1-3H3/t26-/m0/s1. The van der Waals surface area contributed by atoms with Crippen LogP contribution in [-0.2, 0) is 16.1 Å². The van der Waals surface area contributed by atoms with Crippen molar-refractivity contribution < 1.29 is 9.53 Å². The van der Waals surface area contributed by atoms with Gasteiger partial charge in [-0.05, 0) is 35.2 Å². The number of carbonyl (C=O) groups excluding carboxylic acids is 1. The highest BCUT2D eigenvalue weighted by atomic mass is 16.5. The van der Waals surface area contributed by atoms with Gasteiger partial charge in [-0.1, -0.05) is 80.6 Å². The van der Waals surface area contributed by atoms with E-state index in [2.05, 4.69) is 65.7 Å². The molecule has 0 aliphatic rings. The first kappa shape index (κ1) is 20.7. The molecule has 0 aliphatic carbocycles. The molecule has 0 saturated heterocycles. The van der Waals surface area contributed by atoms with Gasteiger partial charge < -0.3 is 14.0 Å². The van der Waals surface area contributed by atoms with Crippen molar-refractivity contribution in [3.05, 3.63) is 96.7 Å². The van der Waals surface area contributed by atoms with E-state index in [1.165, 1.54) is 7.11 Å². The zero-order valence-electron chi connectivity index (χ0n) is 18.2. The molecule has 158 valence electrons. The Morgan fingerprint density at radius 3 is 2.23 bits per heavy atom. The van der Waals surface area contributed by atoms with Crippen LogP contribution in [0, 0.1) is 5.92 Å². The fraction of sp³-hybridized carbons (Fsp3) is 0.222. The fourth-order valence-electron chi connectivity index (χ4n) is 4.19. The van der Waals surface area contributed by atoms with E-state index >= 15 is 0 Å². The number of aromatic nitrogens is 1. The van der Waals surface area contributed by atoms with Gasteiger partial charge >= 0.3 is 5.97 Å². The van der Waals surface area contributed by atoms with Gasteiger partial charge in [-0.3, -0.25) is 0 Å². The second kappa shape index (κ2) is 9.09. The Morgan fingerprint density at radius 1 is 0.935 bits per heavy atom. The van der Waals surface area contributed by atoms with Crippen molar-refractivity contribution in [3.8, 4) is 11.3 Å². The maximum atomic E-state index is 12.9. The zero-order chi connectivity index (χ0) is 21.8. The predicted molar refractivity (Wildman–Crippen MR) is 126 cm³/mol. The molecule has 0 spiro atoms. The molecule has 31 heavy (non-hydrogen) atoms. The predicted octanol–water partition coefficient (Wildman–Crippen LogP) is 5.81. The molecule has 2 aromatic heterocycles. The van der Waals surface area contributed by atoms with Gasteiger partial charge in [0, 0.05) is 12.7 Å². The molecule has 2 heterocycles. The van der Waals surface area contributed by atoms with Crippen LogP contribution in [-0.4, -0.2) is 23.5 Å². The Hall–Kier alpha value is -3.53. The first-order valence-electron chi connectivity index (χ1n) is 10.6. The van der Waals surface area contributed by atoms with Crippen molar-refractivity contribution in [3.63, 3.8) is 0 Å². The molecule has 0 fully saturated rings. The first-order valence-corrected chi connectivity index (χ1v) is 10.6. The lowest BCUT2D eigenvalue weighted by atomic mass is 10.0. The van der Waals surface area contributed by atoms with Crippen LogP contribution in [0.15, 0.2) is 91.1 Å². The Bertz CT molecular complexity index is 1150. The molecule has 0 unspecified atom stereocenters. The van der Waals surface area contributed by atoms with Gasteiger partial charge in [0.05, 0.1) is 24.0 Å². The summed E-state index contributed by atoms with van der Waals surface area (Å²) in [5.41, 5.74) is 5.46. The molecular weight excluding hydrogens is 384 g/mol. The third kappa shape index (κ3) is 4.19. The number of ether oxygens (including phenoxy) is 1. The number of hydrogen-bond donors (Lipinski definition) is 0.